The molecule has 3 atom stereocenters. The molecule has 0 radical (unpaired) electrons. The highest BCUT2D eigenvalue weighted by atomic mass is 16.5. The normalized spacial score (nSPS) is 23.7. The van der Waals surface area contributed by atoms with Crippen LogP contribution in [0.3, 0.4) is 0 Å². The molecule has 2 N–H and O–H groups in total. The first kappa shape index (κ1) is 17.9. The van der Waals surface area contributed by atoms with Gasteiger partial charge in [0, 0.05) is 19.1 Å². The van der Waals surface area contributed by atoms with E-state index in [4.69, 9.17) is 9.84 Å². The first-order chi connectivity index (χ1) is 9.72. The quantitative estimate of drug-likeness (QED) is 0.645. The highest BCUT2D eigenvalue weighted by molar-refractivity contribution is 4.76. The Bertz CT molecular complexity index is 236. The van der Waals surface area contributed by atoms with Crippen molar-refractivity contribution in [3.05, 3.63) is 0 Å². The van der Waals surface area contributed by atoms with Gasteiger partial charge in [0.2, 0.25) is 0 Å². The number of ether oxygens (including phenoxy) is 1. The van der Waals surface area contributed by atoms with Gasteiger partial charge >= 0.3 is 0 Å². The zero-order valence-electron chi connectivity index (χ0n) is 13.3. The predicted molar refractivity (Wildman–Crippen MR) is 81.8 cm³/mol. The molecule has 0 spiro atoms. The molecule has 1 aliphatic heterocycles. The minimum Gasteiger partial charge on any atom is -0.395 e. The van der Waals surface area contributed by atoms with E-state index < -0.39 is 0 Å². The lowest BCUT2D eigenvalue weighted by Gasteiger charge is -2.35. The topological polar surface area (TPSA) is 52.9 Å². The molecular weight excluding hydrogens is 254 g/mol. The van der Waals surface area contributed by atoms with Gasteiger partial charge in [-0.15, -0.1) is 0 Å². The molecule has 0 saturated carbocycles. The molecule has 0 amide bonds. The Labute approximate surface area is 124 Å². The lowest BCUT2D eigenvalue weighted by Crippen LogP contribution is -2.46. The fourth-order valence-corrected chi connectivity index (χ4v) is 3.23. The minimum atomic E-state index is -0.147. The molecule has 3 unspecified atom stereocenters. The molecule has 0 aromatic heterocycles. The van der Waals surface area contributed by atoms with Crippen molar-refractivity contribution in [2.75, 3.05) is 32.9 Å². The van der Waals surface area contributed by atoms with Gasteiger partial charge in [0.05, 0.1) is 25.9 Å². The summed E-state index contributed by atoms with van der Waals surface area (Å²) in [6, 6.07) is 0.442. The SMILES string of the molecule is CCCC(CCCC1COCCN1CCO)C(O)CC. The molecule has 1 rings (SSSR count). The number of nitrogens with zero attached hydrogens (tertiary/aromatic N) is 1. The van der Waals surface area contributed by atoms with E-state index >= 15 is 0 Å². The summed E-state index contributed by atoms with van der Waals surface area (Å²) in [5.74, 6) is 0.445. The van der Waals surface area contributed by atoms with Crippen LogP contribution in [-0.4, -0.2) is 60.2 Å². The third-order valence-electron chi connectivity index (χ3n) is 4.47. The predicted octanol–water partition coefficient (Wildman–Crippen LogP) is 2.04. The molecule has 0 bridgehead atoms. The summed E-state index contributed by atoms with van der Waals surface area (Å²) in [4.78, 5) is 2.34. The summed E-state index contributed by atoms with van der Waals surface area (Å²) in [5, 5.41) is 19.2. The van der Waals surface area contributed by atoms with Crippen LogP contribution in [0.4, 0.5) is 0 Å². The average Bonchev–Trinajstić information content (AvgIpc) is 2.47. The number of hydrogen-bond donors (Lipinski definition) is 2. The van der Waals surface area contributed by atoms with E-state index in [0.717, 1.165) is 64.8 Å². The molecule has 0 aromatic rings. The second-order valence-corrected chi connectivity index (χ2v) is 5.94. The summed E-state index contributed by atoms with van der Waals surface area (Å²) < 4.78 is 5.56. The van der Waals surface area contributed by atoms with Crippen molar-refractivity contribution in [2.45, 2.75) is 64.5 Å². The fourth-order valence-electron chi connectivity index (χ4n) is 3.23. The van der Waals surface area contributed by atoms with Gasteiger partial charge < -0.3 is 14.9 Å². The van der Waals surface area contributed by atoms with Crippen molar-refractivity contribution < 1.29 is 14.9 Å². The Hall–Kier alpha value is -0.160. The van der Waals surface area contributed by atoms with Gasteiger partial charge in [-0.3, -0.25) is 4.90 Å². The van der Waals surface area contributed by atoms with Crippen LogP contribution in [0.2, 0.25) is 0 Å². The molecule has 0 aliphatic carbocycles. The second-order valence-electron chi connectivity index (χ2n) is 5.94. The first-order valence-corrected chi connectivity index (χ1v) is 8.33. The van der Waals surface area contributed by atoms with Gasteiger partial charge in [0.25, 0.3) is 0 Å². The molecule has 1 fully saturated rings. The first-order valence-electron chi connectivity index (χ1n) is 8.33. The van der Waals surface area contributed by atoms with Crippen LogP contribution in [-0.2, 0) is 4.74 Å². The summed E-state index contributed by atoms with van der Waals surface area (Å²) in [5.41, 5.74) is 0. The molecule has 4 nitrogen and oxygen atoms in total. The fraction of sp³-hybridized carbons (Fsp3) is 1.00. The molecule has 1 heterocycles. The van der Waals surface area contributed by atoms with Gasteiger partial charge in [-0.1, -0.05) is 26.7 Å². The van der Waals surface area contributed by atoms with Crippen LogP contribution in [0.5, 0.6) is 0 Å². The maximum atomic E-state index is 10.1. The lowest BCUT2D eigenvalue weighted by atomic mass is 9.89. The summed E-state index contributed by atoms with van der Waals surface area (Å²) in [6.45, 7) is 7.73. The van der Waals surface area contributed by atoms with Crippen molar-refractivity contribution in [1.82, 2.24) is 4.90 Å². The van der Waals surface area contributed by atoms with Crippen molar-refractivity contribution >= 4 is 0 Å². The summed E-state index contributed by atoms with van der Waals surface area (Å²) in [6.07, 6.45) is 6.32. The monoisotopic (exact) mass is 287 g/mol. The zero-order valence-corrected chi connectivity index (χ0v) is 13.3. The molecule has 0 aromatic carbocycles. The van der Waals surface area contributed by atoms with E-state index in [2.05, 4.69) is 18.7 Å². The summed E-state index contributed by atoms with van der Waals surface area (Å²) >= 11 is 0. The number of aliphatic hydroxyl groups excluding tert-OH is 2. The second kappa shape index (κ2) is 10.6. The van der Waals surface area contributed by atoms with Crippen molar-refractivity contribution in [1.29, 1.82) is 0 Å². The third-order valence-corrected chi connectivity index (χ3v) is 4.47. The summed E-state index contributed by atoms with van der Waals surface area (Å²) in [7, 11) is 0. The van der Waals surface area contributed by atoms with Crippen molar-refractivity contribution in [2.24, 2.45) is 5.92 Å². The van der Waals surface area contributed by atoms with Crippen LogP contribution >= 0.6 is 0 Å². The highest BCUT2D eigenvalue weighted by Crippen LogP contribution is 2.23. The largest absolute Gasteiger partial charge is 0.395 e. The van der Waals surface area contributed by atoms with E-state index in [9.17, 15) is 5.11 Å². The Balaban J connectivity index is 2.32. The molecule has 4 heteroatoms. The van der Waals surface area contributed by atoms with Gasteiger partial charge in [0.15, 0.2) is 0 Å². The van der Waals surface area contributed by atoms with Crippen LogP contribution in [0, 0.1) is 5.92 Å². The maximum Gasteiger partial charge on any atom is 0.0622 e. The molecule has 1 aliphatic rings. The Morgan fingerprint density at radius 1 is 1.30 bits per heavy atom. The van der Waals surface area contributed by atoms with E-state index in [1.54, 1.807) is 0 Å². The van der Waals surface area contributed by atoms with E-state index in [1.807, 2.05) is 0 Å². The Morgan fingerprint density at radius 2 is 2.10 bits per heavy atom. The number of aliphatic hydroxyl groups is 2. The number of morpholine rings is 1. The van der Waals surface area contributed by atoms with E-state index in [-0.39, 0.29) is 12.7 Å². The van der Waals surface area contributed by atoms with E-state index in [0.29, 0.717) is 12.0 Å². The Morgan fingerprint density at radius 3 is 2.75 bits per heavy atom. The minimum absolute atomic E-state index is 0.147. The standard InChI is InChI=1S/C16H33NO3/c1-3-6-14(16(19)4-2)7-5-8-15-13-20-12-10-17(15)9-11-18/h14-16,18-19H,3-13H2,1-2H3. The molecule has 1 saturated heterocycles. The maximum absolute atomic E-state index is 10.1. The smallest absolute Gasteiger partial charge is 0.0622 e. The van der Waals surface area contributed by atoms with Crippen LogP contribution in [0.1, 0.15) is 52.4 Å². The van der Waals surface area contributed by atoms with Crippen LogP contribution < -0.4 is 0 Å². The average molecular weight is 287 g/mol. The van der Waals surface area contributed by atoms with Crippen LogP contribution in [0.15, 0.2) is 0 Å². The number of rotatable bonds is 10. The van der Waals surface area contributed by atoms with Gasteiger partial charge in [-0.25, -0.2) is 0 Å². The third kappa shape index (κ3) is 6.08. The van der Waals surface area contributed by atoms with Crippen molar-refractivity contribution in [3.63, 3.8) is 0 Å². The molecule has 20 heavy (non-hydrogen) atoms. The zero-order chi connectivity index (χ0) is 14.8. The molecular formula is C16H33NO3. The highest BCUT2D eigenvalue weighted by Gasteiger charge is 2.23. The lowest BCUT2D eigenvalue weighted by molar-refractivity contribution is -0.0181. The van der Waals surface area contributed by atoms with Gasteiger partial charge in [0.1, 0.15) is 0 Å². The van der Waals surface area contributed by atoms with Crippen molar-refractivity contribution in [3.8, 4) is 0 Å². The van der Waals surface area contributed by atoms with Gasteiger partial charge in [-0.2, -0.15) is 0 Å². The van der Waals surface area contributed by atoms with Crippen LogP contribution in [0.25, 0.3) is 0 Å². The number of hydrogen-bond acceptors (Lipinski definition) is 4. The van der Waals surface area contributed by atoms with E-state index in [1.165, 1.54) is 0 Å². The number of β-amino-alcohol motifs (C(OH)–C–C–N with tert-alkyl or cyclic N) is 1. The molecule has 120 valence electrons. The Kier molecular flexibility index (Phi) is 9.44. The van der Waals surface area contributed by atoms with Gasteiger partial charge in [-0.05, 0) is 31.6 Å².